The molecule has 0 spiro atoms. The number of carbonyl (C=O) groups is 2. The minimum atomic E-state index is -3.22. The van der Waals surface area contributed by atoms with Gasteiger partial charge in [-0.3, -0.25) is 20.4 Å². The first kappa shape index (κ1) is 18.9. The van der Waals surface area contributed by atoms with Crippen molar-refractivity contribution >= 4 is 21.7 Å². The molecular formula is C14H16F2N2O6S. The zero-order chi connectivity index (χ0) is 18.6. The van der Waals surface area contributed by atoms with E-state index >= 15 is 0 Å². The fourth-order valence-electron chi connectivity index (χ4n) is 2.30. The van der Waals surface area contributed by atoms with E-state index in [1.54, 1.807) is 0 Å². The van der Waals surface area contributed by atoms with Gasteiger partial charge >= 0.3 is 6.61 Å². The molecule has 1 aliphatic heterocycles. The highest BCUT2D eigenvalue weighted by Crippen LogP contribution is 2.29. The van der Waals surface area contributed by atoms with E-state index in [1.165, 1.54) is 19.2 Å². The van der Waals surface area contributed by atoms with Gasteiger partial charge in [-0.2, -0.15) is 8.78 Å². The molecule has 1 aliphatic rings. The van der Waals surface area contributed by atoms with Crippen molar-refractivity contribution < 1.29 is 36.3 Å². The molecule has 0 radical (unpaired) electrons. The summed E-state index contributed by atoms with van der Waals surface area (Å²) in [4.78, 5) is 23.9. The lowest BCUT2D eigenvalue weighted by molar-refractivity contribution is -0.125. The number of benzene rings is 1. The van der Waals surface area contributed by atoms with E-state index in [0.717, 1.165) is 6.07 Å². The molecule has 1 atom stereocenters. The molecule has 2 N–H and O–H groups in total. The summed E-state index contributed by atoms with van der Waals surface area (Å²) in [7, 11) is -2.00. The predicted octanol–water partition coefficient (Wildman–Crippen LogP) is 0.492. The zero-order valence-electron chi connectivity index (χ0n) is 13.1. The summed E-state index contributed by atoms with van der Waals surface area (Å²) in [6, 6.07) is 3.51. The molecule has 1 fully saturated rings. The molecule has 0 bridgehead atoms. The molecule has 0 aliphatic carbocycles. The van der Waals surface area contributed by atoms with Crippen LogP contribution in [0.4, 0.5) is 8.78 Å². The van der Waals surface area contributed by atoms with E-state index in [9.17, 15) is 26.8 Å². The molecule has 11 heteroatoms. The van der Waals surface area contributed by atoms with Crippen molar-refractivity contribution in [3.05, 3.63) is 23.8 Å². The summed E-state index contributed by atoms with van der Waals surface area (Å²) in [5.41, 5.74) is 4.31. The number of hydrazine groups is 1. The number of hydrogen-bond donors (Lipinski definition) is 2. The minimum absolute atomic E-state index is 0.0257. The largest absolute Gasteiger partial charge is 0.493 e. The Morgan fingerprint density at radius 3 is 2.52 bits per heavy atom. The molecule has 2 rings (SSSR count). The van der Waals surface area contributed by atoms with Crippen LogP contribution in [0.25, 0.3) is 0 Å². The summed E-state index contributed by atoms with van der Waals surface area (Å²) in [5.74, 6) is -2.71. The molecule has 1 aromatic rings. The van der Waals surface area contributed by atoms with Crippen molar-refractivity contribution in [1.82, 2.24) is 10.9 Å². The Bertz CT molecular complexity index is 769. The van der Waals surface area contributed by atoms with Gasteiger partial charge in [-0.15, -0.1) is 0 Å². The maximum atomic E-state index is 12.3. The predicted molar refractivity (Wildman–Crippen MR) is 82.0 cm³/mol. The van der Waals surface area contributed by atoms with Crippen LogP contribution in [0.3, 0.4) is 0 Å². The number of carbonyl (C=O) groups excluding carboxylic acids is 2. The minimum Gasteiger partial charge on any atom is -0.493 e. The second kappa shape index (κ2) is 7.64. The van der Waals surface area contributed by atoms with Crippen molar-refractivity contribution in [2.45, 2.75) is 13.0 Å². The van der Waals surface area contributed by atoms with Crippen LogP contribution in [0.15, 0.2) is 18.2 Å². The van der Waals surface area contributed by atoms with Crippen LogP contribution >= 0.6 is 0 Å². The van der Waals surface area contributed by atoms with Crippen molar-refractivity contribution in [1.29, 1.82) is 0 Å². The second-order valence-corrected chi connectivity index (χ2v) is 7.52. The van der Waals surface area contributed by atoms with Gasteiger partial charge in [0.1, 0.15) is 0 Å². The summed E-state index contributed by atoms with van der Waals surface area (Å²) in [6.07, 6.45) is 0.192. The zero-order valence-corrected chi connectivity index (χ0v) is 13.9. The molecule has 0 saturated carbocycles. The molecular weight excluding hydrogens is 362 g/mol. The standard InChI is InChI=1S/C14H16F2N2O6S/c1-23-11-6-8(2-3-10(11)24-14(15)16)12(19)17-18-13(20)9-4-5-25(21,22)7-9/h2-3,6,9,14H,4-5,7H2,1H3,(H,17,19)(H,18,20)/t9-/m0/s1. The van der Waals surface area contributed by atoms with Gasteiger partial charge in [-0.25, -0.2) is 8.42 Å². The van der Waals surface area contributed by atoms with Crippen LogP contribution in [0.2, 0.25) is 0 Å². The lowest BCUT2D eigenvalue weighted by Crippen LogP contribution is -2.44. The fourth-order valence-corrected chi connectivity index (χ4v) is 4.04. The summed E-state index contributed by atoms with van der Waals surface area (Å²) < 4.78 is 56.3. The molecule has 25 heavy (non-hydrogen) atoms. The third-order valence-corrected chi connectivity index (χ3v) is 5.31. The van der Waals surface area contributed by atoms with Crippen LogP contribution in [0.1, 0.15) is 16.8 Å². The highest BCUT2D eigenvalue weighted by atomic mass is 32.2. The first-order valence-corrected chi connectivity index (χ1v) is 8.97. The SMILES string of the molecule is COc1cc(C(=O)NNC(=O)[C@H]2CCS(=O)(=O)C2)ccc1OC(F)F. The van der Waals surface area contributed by atoms with Gasteiger partial charge < -0.3 is 9.47 Å². The van der Waals surface area contributed by atoms with E-state index < -0.39 is 34.2 Å². The van der Waals surface area contributed by atoms with Crippen LogP contribution in [-0.4, -0.2) is 45.5 Å². The average Bonchev–Trinajstić information content (AvgIpc) is 2.92. The van der Waals surface area contributed by atoms with E-state index in [0.29, 0.717) is 0 Å². The molecule has 0 unspecified atom stereocenters. The normalized spacial score (nSPS) is 18.6. The molecule has 0 aromatic heterocycles. The summed E-state index contributed by atoms with van der Waals surface area (Å²) in [5, 5.41) is 0. The lowest BCUT2D eigenvalue weighted by atomic mass is 10.1. The first-order chi connectivity index (χ1) is 11.7. The molecule has 1 saturated heterocycles. The van der Waals surface area contributed by atoms with Crippen molar-refractivity contribution in [2.24, 2.45) is 5.92 Å². The molecule has 1 heterocycles. The maximum absolute atomic E-state index is 12.3. The number of methoxy groups -OCH3 is 1. The van der Waals surface area contributed by atoms with E-state index in [1.807, 2.05) is 0 Å². The van der Waals surface area contributed by atoms with Gasteiger partial charge in [0.25, 0.3) is 5.91 Å². The van der Waals surface area contributed by atoms with Gasteiger partial charge in [-0.05, 0) is 24.6 Å². The van der Waals surface area contributed by atoms with Crippen LogP contribution < -0.4 is 20.3 Å². The van der Waals surface area contributed by atoms with Crippen LogP contribution in [0.5, 0.6) is 11.5 Å². The number of sulfone groups is 1. The Labute approximate surface area is 142 Å². The van der Waals surface area contributed by atoms with Crippen molar-refractivity contribution in [3.8, 4) is 11.5 Å². The van der Waals surface area contributed by atoms with Gasteiger partial charge in [0.2, 0.25) is 5.91 Å². The van der Waals surface area contributed by atoms with Crippen molar-refractivity contribution in [2.75, 3.05) is 18.6 Å². The van der Waals surface area contributed by atoms with Gasteiger partial charge in [0.15, 0.2) is 21.3 Å². The number of rotatable bonds is 5. The van der Waals surface area contributed by atoms with E-state index in [4.69, 9.17) is 4.74 Å². The lowest BCUT2D eigenvalue weighted by Gasteiger charge is -2.13. The highest BCUT2D eigenvalue weighted by molar-refractivity contribution is 7.91. The van der Waals surface area contributed by atoms with Gasteiger partial charge in [0, 0.05) is 5.56 Å². The smallest absolute Gasteiger partial charge is 0.387 e. The third-order valence-electron chi connectivity index (χ3n) is 3.54. The number of nitrogens with one attached hydrogen (secondary N) is 2. The summed E-state index contributed by atoms with van der Waals surface area (Å²) >= 11 is 0. The molecule has 138 valence electrons. The fraction of sp³-hybridized carbons (Fsp3) is 0.429. The second-order valence-electron chi connectivity index (χ2n) is 5.29. The maximum Gasteiger partial charge on any atom is 0.387 e. The third kappa shape index (κ3) is 5.02. The van der Waals surface area contributed by atoms with E-state index in [-0.39, 0.29) is 35.0 Å². The van der Waals surface area contributed by atoms with Crippen LogP contribution in [-0.2, 0) is 14.6 Å². The van der Waals surface area contributed by atoms with Gasteiger partial charge in [-0.1, -0.05) is 0 Å². The average molecular weight is 378 g/mol. The number of halogens is 2. The van der Waals surface area contributed by atoms with E-state index in [2.05, 4.69) is 15.6 Å². The Balaban J connectivity index is 1.97. The monoisotopic (exact) mass is 378 g/mol. The molecule has 1 aromatic carbocycles. The Hall–Kier alpha value is -2.43. The Kier molecular flexibility index (Phi) is 5.77. The number of ether oxygens (including phenoxy) is 2. The highest BCUT2D eigenvalue weighted by Gasteiger charge is 2.33. The topological polar surface area (TPSA) is 111 Å². The number of amides is 2. The first-order valence-electron chi connectivity index (χ1n) is 7.15. The Morgan fingerprint density at radius 2 is 1.96 bits per heavy atom. The number of hydrogen-bond acceptors (Lipinski definition) is 6. The Morgan fingerprint density at radius 1 is 1.24 bits per heavy atom. The molecule has 2 amide bonds. The van der Waals surface area contributed by atoms with Gasteiger partial charge in [0.05, 0.1) is 24.5 Å². The molecule has 8 nitrogen and oxygen atoms in total. The summed E-state index contributed by atoms with van der Waals surface area (Å²) in [6.45, 7) is -3.05. The van der Waals surface area contributed by atoms with Crippen molar-refractivity contribution in [3.63, 3.8) is 0 Å². The number of alkyl halides is 2. The quantitative estimate of drug-likeness (QED) is 0.722. The van der Waals surface area contributed by atoms with Crippen LogP contribution in [0, 0.1) is 5.92 Å².